The van der Waals surface area contributed by atoms with E-state index in [1.54, 1.807) is 18.3 Å². The molecule has 0 amide bonds. The molecule has 3 aromatic heterocycles. The molecule has 0 spiro atoms. The third kappa shape index (κ3) is 4.93. The Morgan fingerprint density at radius 2 is 1.90 bits per heavy atom. The molecule has 14 heteroatoms. The predicted molar refractivity (Wildman–Crippen MR) is 161 cm³/mol. The molecule has 42 heavy (non-hydrogen) atoms. The lowest BCUT2D eigenvalue weighted by Crippen LogP contribution is -2.45. The summed E-state index contributed by atoms with van der Waals surface area (Å²) in [6.45, 7) is 5.40. The number of nitrogens with zero attached hydrogens (tertiary/aromatic N) is 7. The van der Waals surface area contributed by atoms with Gasteiger partial charge in [-0.15, -0.1) is 20.4 Å². The molecule has 0 saturated carbocycles. The highest BCUT2D eigenvalue weighted by Gasteiger charge is 2.31. The number of ether oxygens (including phenoxy) is 1. The Morgan fingerprint density at radius 1 is 1.12 bits per heavy atom. The van der Waals surface area contributed by atoms with Gasteiger partial charge in [0.15, 0.2) is 26.3 Å². The molecule has 1 fully saturated rings. The molecular weight excluding hydrogens is 601 g/mol. The van der Waals surface area contributed by atoms with Crippen LogP contribution in [0.1, 0.15) is 18.9 Å². The maximum atomic E-state index is 15.7. The maximum absolute atomic E-state index is 15.7. The Bertz CT molecular complexity index is 1850. The Labute approximate surface area is 253 Å². The Morgan fingerprint density at radius 3 is 2.69 bits per heavy atom. The number of hydrogen-bond donors (Lipinski definition) is 0. The molecule has 0 radical (unpaired) electrons. The number of aromatic nitrogens is 5. The van der Waals surface area contributed by atoms with E-state index in [9.17, 15) is 4.79 Å². The highest BCUT2D eigenvalue weighted by atomic mass is 35.5. The lowest BCUT2D eigenvalue weighted by molar-refractivity contribution is 0.245. The first-order valence-corrected chi connectivity index (χ1v) is 15.6. The third-order valence-electron chi connectivity index (χ3n) is 7.48. The Kier molecular flexibility index (Phi) is 7.13. The molecule has 2 aliphatic heterocycles. The van der Waals surface area contributed by atoms with Gasteiger partial charge in [0.25, 0.3) is 0 Å². The van der Waals surface area contributed by atoms with E-state index in [-0.39, 0.29) is 16.9 Å². The molecular formula is C28H25ClFN7O3S2. The van der Waals surface area contributed by atoms with Crippen molar-refractivity contribution < 1.29 is 13.5 Å². The number of likely N-dealkylation sites (N-methyl/N-ethyl adjacent to an activating group) is 1. The van der Waals surface area contributed by atoms with Crippen LogP contribution >= 0.6 is 34.7 Å². The third-order valence-corrected chi connectivity index (χ3v) is 9.80. The van der Waals surface area contributed by atoms with Crippen LogP contribution in [0, 0.1) is 5.82 Å². The van der Waals surface area contributed by atoms with E-state index in [1.807, 2.05) is 28.5 Å². The highest BCUT2D eigenvalue weighted by molar-refractivity contribution is 8.00. The van der Waals surface area contributed by atoms with Crippen LogP contribution < -0.4 is 15.1 Å². The fourth-order valence-corrected chi connectivity index (χ4v) is 7.03. The van der Waals surface area contributed by atoms with Crippen LogP contribution in [0.4, 0.5) is 10.1 Å². The van der Waals surface area contributed by atoms with Gasteiger partial charge >= 0.3 is 0 Å². The van der Waals surface area contributed by atoms with E-state index < -0.39 is 5.82 Å². The van der Waals surface area contributed by atoms with Gasteiger partial charge in [-0.25, -0.2) is 4.39 Å². The Balaban J connectivity index is 1.18. The summed E-state index contributed by atoms with van der Waals surface area (Å²) in [6.07, 6.45) is 1.80. The first-order chi connectivity index (χ1) is 20.4. The van der Waals surface area contributed by atoms with E-state index >= 15 is 4.39 Å². The van der Waals surface area contributed by atoms with Gasteiger partial charge in [0, 0.05) is 43.0 Å². The summed E-state index contributed by atoms with van der Waals surface area (Å²) >= 11 is 8.63. The zero-order valence-electron chi connectivity index (χ0n) is 22.7. The molecule has 0 N–H and O–H groups in total. The molecule has 5 heterocycles. The smallest absolute Gasteiger partial charge is 0.247 e. The molecule has 0 bridgehead atoms. The van der Waals surface area contributed by atoms with Gasteiger partial charge in [-0.2, -0.15) is 0 Å². The minimum absolute atomic E-state index is 0.0562. The van der Waals surface area contributed by atoms with Gasteiger partial charge in [-0.05, 0) is 44.3 Å². The van der Waals surface area contributed by atoms with Crippen molar-refractivity contribution in [3.8, 4) is 27.8 Å². The minimum atomic E-state index is -0.455. The SMILES string of the molecule is C[C@H]1COc2c(N3CCN(C)CC3)c(F)cc3c(=O)c(-c4nnc(SCc5nnc(-c6ccc(Cl)cc6)o5)s4)cn1c23. The first-order valence-electron chi connectivity index (χ1n) is 13.4. The van der Waals surface area contributed by atoms with Crippen molar-refractivity contribution >= 4 is 51.3 Å². The van der Waals surface area contributed by atoms with Crippen molar-refractivity contribution in [1.82, 2.24) is 29.9 Å². The van der Waals surface area contributed by atoms with Crippen molar-refractivity contribution in [2.75, 3.05) is 44.7 Å². The van der Waals surface area contributed by atoms with Crippen molar-refractivity contribution in [2.45, 2.75) is 23.1 Å². The largest absolute Gasteiger partial charge is 0.487 e. The summed E-state index contributed by atoms with van der Waals surface area (Å²) < 4.78 is 30.2. The fraction of sp³-hybridized carbons (Fsp3) is 0.321. The fourth-order valence-electron chi connectivity index (χ4n) is 5.21. The molecule has 7 rings (SSSR count). The summed E-state index contributed by atoms with van der Waals surface area (Å²) in [5.74, 6) is 1.20. The number of rotatable bonds is 6. The number of hydrogen-bond acceptors (Lipinski definition) is 11. The highest BCUT2D eigenvalue weighted by Crippen LogP contribution is 2.43. The number of thioether (sulfide) groups is 1. The van der Waals surface area contributed by atoms with Gasteiger partial charge in [-0.3, -0.25) is 4.79 Å². The average Bonchev–Trinajstić information content (AvgIpc) is 3.66. The van der Waals surface area contributed by atoms with Gasteiger partial charge in [0.2, 0.25) is 11.8 Å². The van der Waals surface area contributed by atoms with Crippen molar-refractivity contribution in [1.29, 1.82) is 0 Å². The summed E-state index contributed by atoms with van der Waals surface area (Å²) in [5.41, 5.74) is 1.89. The molecule has 5 aromatic rings. The predicted octanol–water partition coefficient (Wildman–Crippen LogP) is 5.36. The summed E-state index contributed by atoms with van der Waals surface area (Å²) in [4.78, 5) is 18.0. The van der Waals surface area contributed by atoms with E-state index in [1.165, 1.54) is 29.2 Å². The molecule has 0 unspecified atom stereocenters. The van der Waals surface area contributed by atoms with E-state index in [0.717, 1.165) is 18.7 Å². The van der Waals surface area contributed by atoms with Crippen molar-refractivity contribution in [3.63, 3.8) is 0 Å². The van der Waals surface area contributed by atoms with Gasteiger partial charge in [0.05, 0.1) is 28.3 Å². The molecule has 10 nitrogen and oxygen atoms in total. The van der Waals surface area contributed by atoms with Crippen molar-refractivity contribution in [3.05, 3.63) is 63.5 Å². The first kappa shape index (κ1) is 27.3. The Hall–Kier alpha value is -3.52. The molecule has 1 saturated heterocycles. The average molecular weight is 626 g/mol. The summed E-state index contributed by atoms with van der Waals surface area (Å²) in [7, 11) is 2.05. The number of pyridine rings is 1. The van der Waals surface area contributed by atoms with Crippen LogP contribution in [0.3, 0.4) is 0 Å². The molecule has 216 valence electrons. The minimum Gasteiger partial charge on any atom is -0.487 e. The normalized spacial score (nSPS) is 17.1. The zero-order valence-corrected chi connectivity index (χ0v) is 25.1. The van der Waals surface area contributed by atoms with Crippen LogP contribution in [-0.2, 0) is 5.75 Å². The standard InChI is InChI=1S/C28H25ClFN7O3S2/c1-15-13-39-25-22-18(11-20(30)23(25)36-9-7-35(2)8-10-36)24(38)19(12-37(15)22)27-33-34-28(42-27)41-14-21-31-32-26(40-21)16-3-5-17(29)6-4-16/h3-6,11-12,15H,7-10,13-14H2,1-2H3/t15-/m0/s1. The van der Waals surface area contributed by atoms with Crippen LogP contribution in [0.25, 0.3) is 32.9 Å². The molecule has 2 aromatic carbocycles. The number of benzene rings is 2. The van der Waals surface area contributed by atoms with Crippen LogP contribution in [0.5, 0.6) is 5.75 Å². The summed E-state index contributed by atoms with van der Waals surface area (Å²) in [6, 6.07) is 8.44. The quantitative estimate of drug-likeness (QED) is 0.229. The van der Waals surface area contributed by atoms with E-state index in [0.29, 0.717) is 74.1 Å². The zero-order chi connectivity index (χ0) is 29.0. The topological polar surface area (TPSA) is 102 Å². The second kappa shape index (κ2) is 11.0. The monoisotopic (exact) mass is 625 g/mol. The van der Waals surface area contributed by atoms with Crippen molar-refractivity contribution in [2.24, 2.45) is 0 Å². The molecule has 0 aliphatic carbocycles. The van der Waals surface area contributed by atoms with E-state index in [4.69, 9.17) is 20.8 Å². The van der Waals surface area contributed by atoms with Gasteiger partial charge < -0.3 is 23.5 Å². The van der Waals surface area contributed by atoms with Crippen LogP contribution in [0.2, 0.25) is 5.02 Å². The number of halogens is 2. The number of piperazine rings is 1. The van der Waals surface area contributed by atoms with Gasteiger partial charge in [-0.1, -0.05) is 34.7 Å². The lowest BCUT2D eigenvalue weighted by Gasteiger charge is -2.37. The molecule has 1 atom stereocenters. The molecule has 2 aliphatic rings. The van der Waals surface area contributed by atoms with E-state index in [2.05, 4.69) is 32.3 Å². The van der Waals surface area contributed by atoms with Crippen LogP contribution in [-0.4, -0.2) is 69.7 Å². The lowest BCUT2D eigenvalue weighted by atomic mass is 10.1. The maximum Gasteiger partial charge on any atom is 0.247 e. The second-order valence-electron chi connectivity index (χ2n) is 10.3. The van der Waals surface area contributed by atoms with Gasteiger partial charge in [0.1, 0.15) is 12.3 Å². The number of anilines is 1. The summed E-state index contributed by atoms with van der Waals surface area (Å²) in [5, 5.41) is 18.2. The van der Waals surface area contributed by atoms with Crippen LogP contribution in [0.15, 0.2) is 50.1 Å². The second-order valence-corrected chi connectivity index (χ2v) is 13.0.